The summed E-state index contributed by atoms with van der Waals surface area (Å²) in [6.45, 7) is 0. The summed E-state index contributed by atoms with van der Waals surface area (Å²) in [5, 5.41) is 10.7. The van der Waals surface area contributed by atoms with E-state index in [1.54, 1.807) is 18.3 Å². The SMILES string of the molecule is OC(c1ccc(OC2CC2)cc1)c1ncccc1Cl. The molecule has 2 aromatic rings. The van der Waals surface area contributed by atoms with E-state index >= 15 is 0 Å². The Balaban J connectivity index is 1.79. The Morgan fingerprint density at radius 3 is 2.58 bits per heavy atom. The Morgan fingerprint density at radius 1 is 1.21 bits per heavy atom. The highest BCUT2D eigenvalue weighted by molar-refractivity contribution is 6.31. The third kappa shape index (κ3) is 2.88. The van der Waals surface area contributed by atoms with Gasteiger partial charge in [-0.2, -0.15) is 0 Å². The molecular formula is C15H14ClNO2. The van der Waals surface area contributed by atoms with Crippen LogP contribution in [0.25, 0.3) is 0 Å². The second-order valence-corrected chi connectivity index (χ2v) is 5.07. The molecule has 0 spiro atoms. The lowest BCUT2D eigenvalue weighted by atomic mass is 10.1. The molecule has 1 fully saturated rings. The van der Waals surface area contributed by atoms with Crippen LogP contribution in [0.3, 0.4) is 0 Å². The first kappa shape index (κ1) is 12.5. The lowest BCUT2D eigenvalue weighted by molar-refractivity contribution is 0.215. The van der Waals surface area contributed by atoms with Gasteiger partial charge >= 0.3 is 0 Å². The fourth-order valence-corrected chi connectivity index (χ4v) is 2.09. The molecule has 3 rings (SSSR count). The molecule has 1 aliphatic carbocycles. The summed E-state index contributed by atoms with van der Waals surface area (Å²) in [5.41, 5.74) is 1.23. The van der Waals surface area contributed by atoms with Gasteiger partial charge in [-0.15, -0.1) is 0 Å². The zero-order valence-corrected chi connectivity index (χ0v) is 11.0. The summed E-state index contributed by atoms with van der Waals surface area (Å²) in [6, 6.07) is 10.9. The smallest absolute Gasteiger partial charge is 0.122 e. The van der Waals surface area contributed by atoms with Crippen molar-refractivity contribution < 1.29 is 9.84 Å². The number of pyridine rings is 1. The summed E-state index contributed by atoms with van der Waals surface area (Å²) in [7, 11) is 0. The predicted molar refractivity (Wildman–Crippen MR) is 73.4 cm³/mol. The molecule has 4 heteroatoms. The van der Waals surface area contributed by atoms with Crippen LogP contribution in [0.4, 0.5) is 0 Å². The number of ether oxygens (including phenoxy) is 1. The van der Waals surface area contributed by atoms with Gasteiger partial charge in [-0.3, -0.25) is 4.98 Å². The number of halogens is 1. The van der Waals surface area contributed by atoms with Gasteiger partial charge in [0.2, 0.25) is 0 Å². The average molecular weight is 276 g/mol. The van der Waals surface area contributed by atoms with Gasteiger partial charge in [0.15, 0.2) is 0 Å². The van der Waals surface area contributed by atoms with Crippen molar-refractivity contribution in [3.05, 3.63) is 58.9 Å². The van der Waals surface area contributed by atoms with Crippen LogP contribution in [0.2, 0.25) is 5.02 Å². The lowest BCUT2D eigenvalue weighted by Crippen LogP contribution is -2.03. The normalized spacial score (nSPS) is 16.1. The van der Waals surface area contributed by atoms with Gasteiger partial charge in [-0.1, -0.05) is 23.7 Å². The number of hydrogen-bond donors (Lipinski definition) is 1. The number of benzene rings is 1. The average Bonchev–Trinajstić information content (AvgIpc) is 3.23. The number of nitrogens with zero attached hydrogens (tertiary/aromatic N) is 1. The molecule has 1 aromatic carbocycles. The summed E-state index contributed by atoms with van der Waals surface area (Å²) in [6.07, 6.45) is 3.45. The van der Waals surface area contributed by atoms with Gasteiger partial charge < -0.3 is 9.84 Å². The van der Waals surface area contributed by atoms with Crippen molar-refractivity contribution in [1.82, 2.24) is 4.98 Å². The molecule has 19 heavy (non-hydrogen) atoms. The minimum atomic E-state index is -0.816. The lowest BCUT2D eigenvalue weighted by Gasteiger charge is -2.12. The number of aromatic nitrogens is 1. The second kappa shape index (κ2) is 5.19. The summed E-state index contributed by atoms with van der Waals surface area (Å²) in [4.78, 5) is 4.12. The van der Waals surface area contributed by atoms with E-state index in [9.17, 15) is 5.11 Å². The van der Waals surface area contributed by atoms with Crippen molar-refractivity contribution in [2.45, 2.75) is 25.0 Å². The third-order valence-electron chi connectivity index (χ3n) is 3.07. The molecule has 1 unspecified atom stereocenters. The number of rotatable bonds is 4. The number of aliphatic hydroxyl groups excluding tert-OH is 1. The van der Waals surface area contributed by atoms with Crippen LogP contribution in [0.1, 0.15) is 30.2 Å². The maximum atomic E-state index is 10.3. The molecule has 1 atom stereocenters. The van der Waals surface area contributed by atoms with Crippen molar-refractivity contribution in [3.63, 3.8) is 0 Å². The van der Waals surface area contributed by atoms with E-state index in [4.69, 9.17) is 16.3 Å². The van der Waals surface area contributed by atoms with E-state index < -0.39 is 6.10 Å². The van der Waals surface area contributed by atoms with E-state index in [1.807, 2.05) is 24.3 Å². The van der Waals surface area contributed by atoms with Crippen LogP contribution >= 0.6 is 11.6 Å². The minimum absolute atomic E-state index is 0.376. The van der Waals surface area contributed by atoms with Crippen LogP contribution in [0, 0.1) is 0 Å². The zero-order chi connectivity index (χ0) is 13.2. The van der Waals surface area contributed by atoms with E-state index in [1.165, 1.54) is 0 Å². The minimum Gasteiger partial charge on any atom is -0.490 e. The first-order valence-electron chi connectivity index (χ1n) is 6.29. The molecule has 0 saturated heterocycles. The molecule has 1 saturated carbocycles. The molecule has 1 heterocycles. The highest BCUT2D eigenvalue weighted by Crippen LogP contribution is 2.30. The Kier molecular flexibility index (Phi) is 3.40. The van der Waals surface area contributed by atoms with Crippen LogP contribution in [0.5, 0.6) is 5.75 Å². The molecule has 3 nitrogen and oxygen atoms in total. The largest absolute Gasteiger partial charge is 0.490 e. The summed E-state index contributed by atoms with van der Waals surface area (Å²) >= 11 is 6.03. The van der Waals surface area contributed by atoms with Crippen LogP contribution < -0.4 is 4.74 Å². The molecule has 1 N–H and O–H groups in total. The van der Waals surface area contributed by atoms with E-state index in [2.05, 4.69) is 4.98 Å². The van der Waals surface area contributed by atoms with Gasteiger partial charge in [0.25, 0.3) is 0 Å². The van der Waals surface area contributed by atoms with E-state index in [0.29, 0.717) is 16.8 Å². The Bertz CT molecular complexity index is 567. The van der Waals surface area contributed by atoms with E-state index in [-0.39, 0.29) is 0 Å². The van der Waals surface area contributed by atoms with Crippen molar-refractivity contribution in [3.8, 4) is 5.75 Å². The van der Waals surface area contributed by atoms with Gasteiger partial charge in [-0.25, -0.2) is 0 Å². The molecule has 1 aliphatic rings. The third-order valence-corrected chi connectivity index (χ3v) is 3.39. The van der Waals surface area contributed by atoms with Crippen molar-refractivity contribution in [1.29, 1.82) is 0 Å². The van der Waals surface area contributed by atoms with Gasteiger partial charge in [-0.05, 0) is 42.7 Å². The summed E-state index contributed by atoms with van der Waals surface area (Å²) in [5.74, 6) is 0.838. The van der Waals surface area contributed by atoms with Gasteiger partial charge in [0.1, 0.15) is 11.9 Å². The Hall–Kier alpha value is -1.58. The maximum absolute atomic E-state index is 10.3. The second-order valence-electron chi connectivity index (χ2n) is 4.66. The first-order valence-corrected chi connectivity index (χ1v) is 6.67. The van der Waals surface area contributed by atoms with Crippen LogP contribution in [-0.2, 0) is 0 Å². The van der Waals surface area contributed by atoms with Crippen LogP contribution in [-0.4, -0.2) is 16.2 Å². The molecule has 0 aliphatic heterocycles. The number of aliphatic hydroxyl groups is 1. The first-order chi connectivity index (χ1) is 9.24. The molecule has 0 radical (unpaired) electrons. The Labute approximate surface area is 116 Å². The van der Waals surface area contributed by atoms with Gasteiger partial charge in [0, 0.05) is 6.20 Å². The topological polar surface area (TPSA) is 42.4 Å². The summed E-state index contributed by atoms with van der Waals surface area (Å²) < 4.78 is 5.67. The van der Waals surface area contributed by atoms with Crippen molar-refractivity contribution in [2.75, 3.05) is 0 Å². The zero-order valence-electron chi connectivity index (χ0n) is 10.3. The number of hydrogen-bond acceptors (Lipinski definition) is 3. The van der Waals surface area contributed by atoms with E-state index in [0.717, 1.165) is 24.2 Å². The van der Waals surface area contributed by atoms with Crippen molar-refractivity contribution in [2.24, 2.45) is 0 Å². The highest BCUT2D eigenvalue weighted by Gasteiger charge is 2.23. The fourth-order valence-electron chi connectivity index (χ4n) is 1.86. The molecular weight excluding hydrogens is 262 g/mol. The molecule has 98 valence electrons. The Morgan fingerprint density at radius 2 is 1.95 bits per heavy atom. The standard InChI is InChI=1S/C15H14ClNO2/c16-13-2-1-9-17-14(13)15(18)10-3-5-11(6-4-10)19-12-7-8-12/h1-6,9,12,15,18H,7-8H2. The van der Waals surface area contributed by atoms with Crippen LogP contribution in [0.15, 0.2) is 42.6 Å². The molecule has 0 bridgehead atoms. The van der Waals surface area contributed by atoms with Gasteiger partial charge in [0.05, 0.1) is 16.8 Å². The fraction of sp³-hybridized carbons (Fsp3) is 0.267. The maximum Gasteiger partial charge on any atom is 0.122 e. The highest BCUT2D eigenvalue weighted by atomic mass is 35.5. The monoisotopic (exact) mass is 275 g/mol. The molecule has 1 aromatic heterocycles. The quantitative estimate of drug-likeness (QED) is 0.930. The molecule has 0 amide bonds. The van der Waals surface area contributed by atoms with Crippen molar-refractivity contribution >= 4 is 11.6 Å². The predicted octanol–water partition coefficient (Wildman–Crippen LogP) is 3.36.